The topological polar surface area (TPSA) is 65.5 Å². The molecular weight excluding hydrogens is 180 g/mol. The van der Waals surface area contributed by atoms with Crippen molar-refractivity contribution < 1.29 is 4.79 Å². The van der Waals surface area contributed by atoms with Gasteiger partial charge in [0.1, 0.15) is 0 Å². The minimum absolute atomic E-state index is 0.00237. The summed E-state index contributed by atoms with van der Waals surface area (Å²) in [5.74, 6) is 0.857. The third-order valence-electron chi connectivity index (χ3n) is 1.94. The first-order valence-corrected chi connectivity index (χ1v) is 5.05. The molecule has 3 N–H and O–H groups in total. The second-order valence-electron chi connectivity index (χ2n) is 3.27. The van der Waals surface area contributed by atoms with Crippen LogP contribution in [0.2, 0.25) is 0 Å². The molecule has 0 fully saturated rings. The highest BCUT2D eigenvalue weighted by Gasteiger charge is 2.01. The minimum Gasteiger partial charge on any atom is -0.356 e. The summed E-state index contributed by atoms with van der Waals surface area (Å²) in [6, 6.07) is 0. The second kappa shape index (κ2) is 6.23. The summed E-state index contributed by atoms with van der Waals surface area (Å²) < 4.78 is 0. The maximum absolute atomic E-state index is 10.6. The molecule has 0 saturated carbocycles. The Morgan fingerprint density at radius 3 is 3.14 bits per heavy atom. The van der Waals surface area contributed by atoms with Crippen LogP contribution < -0.4 is 16.0 Å². The monoisotopic (exact) mass is 198 g/mol. The first-order valence-electron chi connectivity index (χ1n) is 5.05. The summed E-state index contributed by atoms with van der Waals surface area (Å²) in [5.41, 5.74) is 0. The van der Waals surface area contributed by atoms with Gasteiger partial charge in [0.15, 0.2) is 5.96 Å². The van der Waals surface area contributed by atoms with E-state index < -0.39 is 0 Å². The zero-order chi connectivity index (χ0) is 10.2. The molecule has 5 heteroatoms. The Balaban J connectivity index is 2.10. The third-order valence-corrected chi connectivity index (χ3v) is 1.94. The van der Waals surface area contributed by atoms with Gasteiger partial charge in [-0.3, -0.25) is 9.79 Å². The highest BCUT2D eigenvalue weighted by molar-refractivity contribution is 5.80. The Kier molecular flexibility index (Phi) is 4.82. The highest BCUT2D eigenvalue weighted by atomic mass is 16.1. The van der Waals surface area contributed by atoms with E-state index in [4.69, 9.17) is 0 Å². The van der Waals surface area contributed by atoms with Gasteiger partial charge in [-0.05, 0) is 12.8 Å². The van der Waals surface area contributed by atoms with E-state index in [0.29, 0.717) is 13.1 Å². The van der Waals surface area contributed by atoms with Gasteiger partial charge in [-0.2, -0.15) is 0 Å². The average molecular weight is 198 g/mol. The van der Waals surface area contributed by atoms with Crippen molar-refractivity contribution in [2.75, 3.05) is 26.2 Å². The van der Waals surface area contributed by atoms with Crippen molar-refractivity contribution in [2.45, 2.75) is 19.8 Å². The normalized spacial score (nSPS) is 16.2. The minimum atomic E-state index is 0.00237. The fraction of sp³-hybridized carbons (Fsp3) is 0.778. The fourth-order valence-electron chi connectivity index (χ4n) is 1.23. The molecule has 1 aliphatic heterocycles. The molecule has 0 atom stereocenters. The van der Waals surface area contributed by atoms with E-state index in [1.165, 1.54) is 13.3 Å². The van der Waals surface area contributed by atoms with Crippen molar-refractivity contribution in [2.24, 2.45) is 4.99 Å². The van der Waals surface area contributed by atoms with E-state index >= 15 is 0 Å². The van der Waals surface area contributed by atoms with Gasteiger partial charge in [0.25, 0.3) is 0 Å². The number of hydrogen-bond acceptors (Lipinski definition) is 4. The highest BCUT2D eigenvalue weighted by Crippen LogP contribution is 1.91. The van der Waals surface area contributed by atoms with Gasteiger partial charge < -0.3 is 16.0 Å². The zero-order valence-electron chi connectivity index (χ0n) is 8.60. The van der Waals surface area contributed by atoms with Crippen LogP contribution in [-0.4, -0.2) is 38.0 Å². The van der Waals surface area contributed by atoms with Crippen molar-refractivity contribution in [3.05, 3.63) is 0 Å². The third kappa shape index (κ3) is 4.69. The van der Waals surface area contributed by atoms with Crippen LogP contribution in [0.4, 0.5) is 0 Å². The maximum atomic E-state index is 10.6. The summed E-state index contributed by atoms with van der Waals surface area (Å²) in [5, 5.41) is 9.05. The van der Waals surface area contributed by atoms with Crippen LogP contribution >= 0.6 is 0 Å². The lowest BCUT2D eigenvalue weighted by atomic mass is 10.3. The SMILES string of the molecule is CC(=O)NCCNC1=NCCCCN1. The van der Waals surface area contributed by atoms with Gasteiger partial charge in [-0.1, -0.05) is 0 Å². The number of carbonyl (C=O) groups is 1. The summed E-state index contributed by atoms with van der Waals surface area (Å²) in [6.45, 7) is 4.73. The first kappa shape index (κ1) is 10.8. The number of amides is 1. The van der Waals surface area contributed by atoms with Gasteiger partial charge >= 0.3 is 0 Å². The number of guanidine groups is 1. The molecule has 0 aromatic heterocycles. The Labute approximate surface area is 84.4 Å². The lowest BCUT2D eigenvalue weighted by Crippen LogP contribution is -2.41. The molecule has 1 heterocycles. The van der Waals surface area contributed by atoms with Gasteiger partial charge in [-0.15, -0.1) is 0 Å². The molecular formula is C9H18N4O. The van der Waals surface area contributed by atoms with Gasteiger partial charge in [-0.25, -0.2) is 0 Å². The van der Waals surface area contributed by atoms with Crippen molar-refractivity contribution in [1.29, 1.82) is 0 Å². The van der Waals surface area contributed by atoms with Crippen LogP contribution in [0.3, 0.4) is 0 Å². The predicted octanol–water partition coefficient (Wildman–Crippen LogP) is -0.548. The first-order chi connectivity index (χ1) is 6.79. The summed E-state index contributed by atoms with van der Waals surface area (Å²) in [6.07, 6.45) is 2.31. The molecule has 0 aromatic rings. The van der Waals surface area contributed by atoms with Crippen LogP contribution in [0.5, 0.6) is 0 Å². The average Bonchev–Trinajstić information content (AvgIpc) is 2.40. The zero-order valence-corrected chi connectivity index (χ0v) is 8.60. The number of nitrogens with one attached hydrogen (secondary N) is 3. The van der Waals surface area contributed by atoms with Crippen molar-refractivity contribution in [1.82, 2.24) is 16.0 Å². The summed E-state index contributed by atoms with van der Waals surface area (Å²) in [7, 11) is 0. The quantitative estimate of drug-likeness (QED) is 0.533. The van der Waals surface area contributed by atoms with Gasteiger partial charge in [0.2, 0.25) is 5.91 Å². The van der Waals surface area contributed by atoms with Crippen LogP contribution in [0.25, 0.3) is 0 Å². The molecule has 0 radical (unpaired) electrons. The molecule has 0 saturated heterocycles. The van der Waals surface area contributed by atoms with Crippen LogP contribution in [0, 0.1) is 0 Å². The maximum Gasteiger partial charge on any atom is 0.216 e. The smallest absolute Gasteiger partial charge is 0.216 e. The number of nitrogens with zero attached hydrogens (tertiary/aromatic N) is 1. The van der Waals surface area contributed by atoms with E-state index in [2.05, 4.69) is 20.9 Å². The molecule has 0 spiro atoms. The van der Waals surface area contributed by atoms with E-state index in [0.717, 1.165) is 25.5 Å². The van der Waals surface area contributed by atoms with Crippen molar-refractivity contribution in [3.63, 3.8) is 0 Å². The van der Waals surface area contributed by atoms with Crippen LogP contribution in [0.1, 0.15) is 19.8 Å². The van der Waals surface area contributed by atoms with Gasteiger partial charge in [0, 0.05) is 33.1 Å². The van der Waals surface area contributed by atoms with E-state index in [1.54, 1.807) is 0 Å². The molecule has 1 aliphatic rings. The Bertz CT molecular complexity index is 215. The summed E-state index contributed by atoms with van der Waals surface area (Å²) in [4.78, 5) is 14.9. The molecule has 0 bridgehead atoms. The Hall–Kier alpha value is -1.26. The molecule has 0 aliphatic carbocycles. The number of aliphatic imine (C=N–C) groups is 1. The van der Waals surface area contributed by atoms with Crippen LogP contribution in [-0.2, 0) is 4.79 Å². The molecule has 1 rings (SSSR count). The number of hydrogen-bond donors (Lipinski definition) is 3. The molecule has 80 valence electrons. The molecule has 14 heavy (non-hydrogen) atoms. The summed E-state index contributed by atoms with van der Waals surface area (Å²) >= 11 is 0. The van der Waals surface area contributed by atoms with Crippen molar-refractivity contribution >= 4 is 11.9 Å². The van der Waals surface area contributed by atoms with Crippen LogP contribution in [0.15, 0.2) is 4.99 Å². The standard InChI is InChI=1S/C9H18N4O/c1-8(14)10-6-7-13-9-11-4-2-3-5-12-9/h2-7H2,1H3,(H,10,14)(H2,11,12,13). The Morgan fingerprint density at radius 2 is 2.36 bits per heavy atom. The fourth-order valence-corrected chi connectivity index (χ4v) is 1.23. The van der Waals surface area contributed by atoms with Gasteiger partial charge in [0.05, 0.1) is 0 Å². The largest absolute Gasteiger partial charge is 0.356 e. The molecule has 5 nitrogen and oxygen atoms in total. The van der Waals surface area contributed by atoms with E-state index in [1.807, 2.05) is 0 Å². The van der Waals surface area contributed by atoms with E-state index in [9.17, 15) is 4.79 Å². The molecule has 0 aromatic carbocycles. The van der Waals surface area contributed by atoms with E-state index in [-0.39, 0.29) is 5.91 Å². The molecule has 1 amide bonds. The lowest BCUT2D eigenvalue weighted by molar-refractivity contribution is -0.118. The number of carbonyl (C=O) groups excluding carboxylic acids is 1. The number of rotatable bonds is 3. The Morgan fingerprint density at radius 1 is 1.50 bits per heavy atom. The van der Waals surface area contributed by atoms with Crippen molar-refractivity contribution in [3.8, 4) is 0 Å². The lowest BCUT2D eigenvalue weighted by Gasteiger charge is -2.09. The predicted molar refractivity (Wildman–Crippen MR) is 56.2 cm³/mol. The molecule has 0 unspecified atom stereocenters. The second-order valence-corrected chi connectivity index (χ2v) is 3.27.